The molecular weight excluding hydrogens is 492 g/mol. The number of ether oxygens (including phenoxy) is 1. The first-order valence-corrected chi connectivity index (χ1v) is 13.4. The van der Waals surface area contributed by atoms with Gasteiger partial charge >= 0.3 is 5.97 Å². The normalized spacial score (nSPS) is 12.6. The van der Waals surface area contributed by atoms with Gasteiger partial charge in [-0.25, -0.2) is 0 Å². The second-order valence-corrected chi connectivity index (χ2v) is 10.3. The lowest BCUT2D eigenvalue weighted by atomic mass is 9.96. The van der Waals surface area contributed by atoms with Gasteiger partial charge in [0, 0.05) is 19.5 Å². The molecule has 0 aromatic heterocycles. The number of esters is 1. The Hall–Kier alpha value is -3.71. The molecule has 2 aromatic carbocycles. The smallest absolute Gasteiger partial charge is 0.309 e. The molecule has 0 spiro atoms. The minimum Gasteiger partial charge on any atom is -0.463 e. The van der Waals surface area contributed by atoms with Crippen molar-refractivity contribution in [1.82, 2.24) is 10.2 Å². The Bertz CT molecular complexity index is 1070. The summed E-state index contributed by atoms with van der Waals surface area (Å²) in [6, 6.07) is 19.2. The van der Waals surface area contributed by atoms with Crippen LogP contribution in [-0.2, 0) is 32.1 Å². The topological polar surface area (TPSA) is 95.9 Å². The van der Waals surface area contributed by atoms with Gasteiger partial charge in [-0.3, -0.25) is 14.4 Å². The third kappa shape index (κ3) is 11.3. The largest absolute Gasteiger partial charge is 0.463 e. The van der Waals surface area contributed by atoms with Crippen LogP contribution in [0.1, 0.15) is 44.2 Å². The first-order chi connectivity index (χ1) is 18.7. The summed E-state index contributed by atoms with van der Waals surface area (Å²) < 4.78 is 5.63. The van der Waals surface area contributed by atoms with Gasteiger partial charge in [-0.05, 0) is 44.2 Å². The van der Waals surface area contributed by atoms with E-state index >= 15 is 0 Å². The maximum absolute atomic E-state index is 13.2. The highest BCUT2D eigenvalue weighted by atomic mass is 16.5. The molecule has 7 nitrogen and oxygen atoms in total. The first kappa shape index (κ1) is 31.5. The Morgan fingerprint density at radius 1 is 0.949 bits per heavy atom. The van der Waals surface area contributed by atoms with Crippen molar-refractivity contribution >= 4 is 17.8 Å². The summed E-state index contributed by atoms with van der Waals surface area (Å²) in [6.07, 6.45) is 4.62. The summed E-state index contributed by atoms with van der Waals surface area (Å²) in [4.78, 5) is 40.8. The van der Waals surface area contributed by atoms with E-state index in [1.807, 2.05) is 60.7 Å². The standard InChI is InChI=1S/C32H42N2O5/c1-5-13-27(22-29(36)34(19-20-35)23-26-17-11-8-12-18-26)30(37)33-32(3,4)24-39-31(38)28(14-6-2)21-25-15-9-7-10-16-25/h5-12,15-18,27-28,35H,1-2,13-14,19-24H2,3-4H3,(H,33,37)/t27-,28-/m1/s1. The Morgan fingerprint density at radius 3 is 2.08 bits per heavy atom. The van der Waals surface area contributed by atoms with Gasteiger partial charge in [-0.15, -0.1) is 13.2 Å². The van der Waals surface area contributed by atoms with Crippen LogP contribution in [0.2, 0.25) is 0 Å². The van der Waals surface area contributed by atoms with Crippen molar-refractivity contribution in [2.24, 2.45) is 11.8 Å². The molecule has 0 aliphatic rings. The Morgan fingerprint density at radius 2 is 1.51 bits per heavy atom. The van der Waals surface area contributed by atoms with E-state index in [9.17, 15) is 19.5 Å². The van der Waals surface area contributed by atoms with Crippen LogP contribution in [0.15, 0.2) is 86.0 Å². The molecular formula is C32H42N2O5. The van der Waals surface area contributed by atoms with Gasteiger partial charge in [-0.2, -0.15) is 0 Å². The zero-order valence-electron chi connectivity index (χ0n) is 23.2. The van der Waals surface area contributed by atoms with Gasteiger partial charge < -0.3 is 20.1 Å². The zero-order chi connectivity index (χ0) is 28.7. The van der Waals surface area contributed by atoms with Crippen LogP contribution >= 0.6 is 0 Å². The minimum absolute atomic E-state index is 0.0145. The number of hydrogen-bond acceptors (Lipinski definition) is 5. The highest BCUT2D eigenvalue weighted by Crippen LogP contribution is 2.18. The van der Waals surface area contributed by atoms with Crippen molar-refractivity contribution < 1.29 is 24.2 Å². The molecule has 0 bridgehead atoms. The van der Waals surface area contributed by atoms with E-state index < -0.39 is 11.5 Å². The third-order valence-electron chi connectivity index (χ3n) is 6.33. The predicted octanol–water partition coefficient (Wildman–Crippen LogP) is 4.46. The molecule has 2 amide bonds. The quantitative estimate of drug-likeness (QED) is 0.231. The van der Waals surface area contributed by atoms with Crippen LogP contribution in [0.25, 0.3) is 0 Å². The number of nitrogens with one attached hydrogen (secondary N) is 1. The number of rotatable bonds is 17. The van der Waals surface area contributed by atoms with E-state index in [4.69, 9.17) is 4.74 Å². The molecule has 210 valence electrons. The number of carbonyl (C=O) groups is 3. The molecule has 7 heteroatoms. The predicted molar refractivity (Wildman–Crippen MR) is 153 cm³/mol. The lowest BCUT2D eigenvalue weighted by Gasteiger charge is -2.30. The molecule has 0 unspecified atom stereocenters. The molecule has 0 saturated carbocycles. The molecule has 2 N–H and O–H groups in total. The van der Waals surface area contributed by atoms with Gasteiger partial charge in [0.2, 0.25) is 11.8 Å². The number of amides is 2. The second kappa shape index (κ2) is 16.3. The monoisotopic (exact) mass is 534 g/mol. The van der Waals surface area contributed by atoms with Crippen LogP contribution in [0, 0.1) is 11.8 Å². The van der Waals surface area contributed by atoms with Crippen molar-refractivity contribution in [3.63, 3.8) is 0 Å². The van der Waals surface area contributed by atoms with E-state index in [2.05, 4.69) is 18.5 Å². The highest BCUT2D eigenvalue weighted by molar-refractivity contribution is 5.86. The number of nitrogens with zero attached hydrogens (tertiary/aromatic N) is 1. The van der Waals surface area contributed by atoms with Crippen LogP contribution < -0.4 is 5.32 Å². The summed E-state index contributed by atoms with van der Waals surface area (Å²) >= 11 is 0. The van der Waals surface area contributed by atoms with Gasteiger partial charge in [-0.1, -0.05) is 72.8 Å². The summed E-state index contributed by atoms with van der Waals surface area (Å²) in [5.41, 5.74) is 1.12. The number of allylic oxidation sites excluding steroid dienone is 2. The van der Waals surface area contributed by atoms with Crippen LogP contribution in [0.3, 0.4) is 0 Å². The highest BCUT2D eigenvalue weighted by Gasteiger charge is 2.30. The number of carbonyl (C=O) groups excluding carboxylic acids is 3. The second-order valence-electron chi connectivity index (χ2n) is 10.3. The van der Waals surface area contributed by atoms with Gasteiger partial charge in [0.1, 0.15) is 6.61 Å². The maximum atomic E-state index is 13.2. The third-order valence-corrected chi connectivity index (χ3v) is 6.33. The fraction of sp³-hybridized carbons (Fsp3) is 0.406. The summed E-state index contributed by atoms with van der Waals surface area (Å²) in [5.74, 6) is -1.91. The fourth-order valence-corrected chi connectivity index (χ4v) is 4.24. The zero-order valence-corrected chi connectivity index (χ0v) is 23.2. The molecule has 0 heterocycles. The fourth-order valence-electron chi connectivity index (χ4n) is 4.24. The van der Waals surface area contributed by atoms with E-state index in [1.165, 1.54) is 0 Å². The SMILES string of the molecule is C=CC[C@H](CC(=O)N(CCO)Cc1ccccc1)C(=O)NC(C)(C)COC(=O)[C@H](CC=C)Cc1ccccc1. The number of aliphatic hydroxyl groups is 1. The van der Waals surface area contributed by atoms with Gasteiger partial charge in [0.25, 0.3) is 0 Å². The van der Waals surface area contributed by atoms with Crippen molar-refractivity contribution in [2.45, 2.75) is 51.6 Å². The minimum atomic E-state index is -0.852. The van der Waals surface area contributed by atoms with E-state index in [0.29, 0.717) is 25.8 Å². The van der Waals surface area contributed by atoms with Crippen molar-refractivity contribution in [3.05, 3.63) is 97.1 Å². The Kier molecular flexibility index (Phi) is 13.2. The average molecular weight is 535 g/mol. The lowest BCUT2D eigenvalue weighted by molar-refractivity contribution is -0.151. The van der Waals surface area contributed by atoms with Crippen LogP contribution in [0.4, 0.5) is 0 Å². The summed E-state index contributed by atoms with van der Waals surface area (Å²) in [6.45, 7) is 11.4. The van der Waals surface area contributed by atoms with E-state index in [1.54, 1.807) is 30.9 Å². The molecule has 2 atom stereocenters. The van der Waals surface area contributed by atoms with Crippen molar-refractivity contribution in [1.29, 1.82) is 0 Å². The molecule has 0 fully saturated rings. The van der Waals surface area contributed by atoms with Crippen LogP contribution in [-0.4, -0.2) is 53.1 Å². The van der Waals surface area contributed by atoms with Gasteiger partial charge in [0.05, 0.1) is 24.0 Å². The first-order valence-electron chi connectivity index (χ1n) is 13.4. The lowest BCUT2D eigenvalue weighted by Crippen LogP contribution is -2.50. The Labute approximate surface area is 232 Å². The molecule has 0 aliphatic carbocycles. The molecule has 0 saturated heterocycles. The van der Waals surface area contributed by atoms with Crippen molar-refractivity contribution in [2.75, 3.05) is 19.8 Å². The molecule has 39 heavy (non-hydrogen) atoms. The number of benzene rings is 2. The molecule has 0 aliphatic heterocycles. The summed E-state index contributed by atoms with van der Waals surface area (Å²) in [5, 5.41) is 12.4. The number of hydrogen-bond donors (Lipinski definition) is 2. The average Bonchev–Trinajstić information content (AvgIpc) is 2.92. The van der Waals surface area contributed by atoms with Crippen molar-refractivity contribution in [3.8, 4) is 0 Å². The molecule has 2 aromatic rings. The summed E-state index contributed by atoms with van der Waals surface area (Å²) in [7, 11) is 0. The van der Waals surface area contributed by atoms with Crippen LogP contribution in [0.5, 0.6) is 0 Å². The van der Waals surface area contributed by atoms with Gasteiger partial charge in [0.15, 0.2) is 0 Å². The van der Waals surface area contributed by atoms with E-state index in [-0.39, 0.29) is 49.9 Å². The number of aliphatic hydroxyl groups excluding tert-OH is 1. The molecule has 0 radical (unpaired) electrons. The van der Waals surface area contributed by atoms with E-state index in [0.717, 1.165) is 11.1 Å². The molecule has 2 rings (SSSR count). The Balaban J connectivity index is 1.98. The maximum Gasteiger partial charge on any atom is 0.309 e.